The number of likely N-dealkylation sites (tertiary alicyclic amines) is 1. The third kappa shape index (κ3) is 8.09. The lowest BCUT2D eigenvalue weighted by molar-refractivity contribution is -0.148. The number of carbonyl (C=O) groups excluding carboxylic acids is 3. The number of rotatable bonds is 8. The van der Waals surface area contributed by atoms with Gasteiger partial charge in [0.2, 0.25) is 11.9 Å². The number of imidazole rings is 1. The van der Waals surface area contributed by atoms with Gasteiger partial charge in [0.05, 0.1) is 25.0 Å². The van der Waals surface area contributed by atoms with Crippen molar-refractivity contribution in [1.29, 1.82) is 0 Å². The third-order valence-electron chi connectivity index (χ3n) is 8.66. The summed E-state index contributed by atoms with van der Waals surface area (Å²) in [6.45, 7) is 11.3. The lowest BCUT2D eigenvalue weighted by atomic mass is 9.88. The molecule has 3 heterocycles. The number of benzene rings is 2. The Bertz CT molecular complexity index is 1610. The minimum absolute atomic E-state index is 0.00714. The van der Waals surface area contributed by atoms with E-state index < -0.39 is 41.1 Å². The molecule has 0 saturated carbocycles. The standard InChI is InChI=1S/C35H43F2N5O5/c1-6-46-32(44)23-11-14-40(15-12-23)30-17-22(2)7-8-24(30)19-41-16-13-38-33(41)39-31(43)28-21-42(34(45)47-35(3,4)5)20-27(28)26-10-9-25(36)18-29(26)37/h7-10,13,16-18,23,27-28H,6,11-12,14-15,19-21H2,1-5H3,(H,38,39,43)/t27-,28+/m0/s1. The predicted molar refractivity (Wildman–Crippen MR) is 173 cm³/mol. The van der Waals surface area contributed by atoms with Crippen LogP contribution in [0.15, 0.2) is 48.8 Å². The van der Waals surface area contributed by atoms with E-state index in [9.17, 15) is 23.2 Å². The Morgan fingerprint density at radius 1 is 1.04 bits per heavy atom. The number of amides is 2. The first-order chi connectivity index (χ1) is 22.3. The number of aryl methyl sites for hydroxylation is 1. The lowest BCUT2D eigenvalue weighted by Crippen LogP contribution is -2.37. The molecule has 3 aromatic rings. The summed E-state index contributed by atoms with van der Waals surface area (Å²) in [6.07, 6.45) is 4.16. The number of hydrogen-bond acceptors (Lipinski definition) is 7. The van der Waals surface area contributed by atoms with Gasteiger partial charge >= 0.3 is 12.1 Å². The molecule has 2 fully saturated rings. The highest BCUT2D eigenvalue weighted by Gasteiger charge is 2.43. The minimum Gasteiger partial charge on any atom is -0.466 e. The molecule has 0 radical (unpaired) electrons. The molecule has 2 amide bonds. The molecule has 2 aromatic carbocycles. The molecule has 1 aromatic heterocycles. The topological polar surface area (TPSA) is 106 Å². The summed E-state index contributed by atoms with van der Waals surface area (Å²) in [5.74, 6) is -3.47. The highest BCUT2D eigenvalue weighted by molar-refractivity contribution is 5.93. The first kappa shape index (κ1) is 33.9. The molecular weight excluding hydrogens is 608 g/mol. The van der Waals surface area contributed by atoms with Crippen molar-refractivity contribution in [3.05, 3.63) is 77.1 Å². The monoisotopic (exact) mass is 651 g/mol. The molecule has 2 aliphatic rings. The van der Waals surface area contributed by atoms with Crippen LogP contribution in [0.3, 0.4) is 0 Å². The Kier molecular flexibility index (Phi) is 10.2. The van der Waals surface area contributed by atoms with E-state index in [-0.39, 0.29) is 30.5 Å². The van der Waals surface area contributed by atoms with E-state index in [1.165, 1.54) is 11.0 Å². The first-order valence-electron chi connectivity index (χ1n) is 16.1. The number of hydrogen-bond donors (Lipinski definition) is 1. The quantitative estimate of drug-likeness (QED) is 0.303. The Balaban J connectivity index is 1.34. The van der Waals surface area contributed by atoms with Crippen molar-refractivity contribution >= 4 is 29.6 Å². The van der Waals surface area contributed by atoms with Crippen molar-refractivity contribution in [2.45, 2.75) is 65.5 Å². The van der Waals surface area contributed by atoms with E-state index in [1.54, 1.807) is 33.2 Å². The van der Waals surface area contributed by atoms with Crippen molar-refractivity contribution in [2.75, 3.05) is 43.0 Å². The number of anilines is 2. The van der Waals surface area contributed by atoms with Crippen molar-refractivity contribution in [3.8, 4) is 0 Å². The van der Waals surface area contributed by atoms with Crippen LogP contribution < -0.4 is 10.2 Å². The van der Waals surface area contributed by atoms with E-state index in [0.717, 1.165) is 28.9 Å². The fourth-order valence-electron chi connectivity index (χ4n) is 6.33. The van der Waals surface area contributed by atoms with Crippen LogP contribution in [0.2, 0.25) is 0 Å². The first-order valence-corrected chi connectivity index (χ1v) is 16.1. The number of piperidine rings is 1. The second-order valence-corrected chi connectivity index (χ2v) is 13.3. The maximum absolute atomic E-state index is 15.0. The SMILES string of the molecule is CCOC(=O)C1CCN(c2cc(C)ccc2Cn2ccnc2NC(=O)[C@@H]2CN(C(=O)OC(C)(C)C)C[C@H]2c2ccc(F)cc2F)CC1. The summed E-state index contributed by atoms with van der Waals surface area (Å²) < 4.78 is 41.3. The predicted octanol–water partition coefficient (Wildman–Crippen LogP) is 5.89. The van der Waals surface area contributed by atoms with Gasteiger partial charge in [-0.25, -0.2) is 18.6 Å². The van der Waals surface area contributed by atoms with Crippen LogP contribution in [0.5, 0.6) is 0 Å². The van der Waals surface area contributed by atoms with Crippen LogP contribution in [0, 0.1) is 30.4 Å². The zero-order valence-corrected chi connectivity index (χ0v) is 27.6. The molecule has 2 saturated heterocycles. The zero-order chi connectivity index (χ0) is 33.9. The zero-order valence-electron chi connectivity index (χ0n) is 27.6. The largest absolute Gasteiger partial charge is 0.466 e. The molecule has 2 aliphatic heterocycles. The van der Waals surface area contributed by atoms with Crippen LogP contribution in [-0.4, -0.2) is 70.8 Å². The molecule has 1 N–H and O–H groups in total. The van der Waals surface area contributed by atoms with Gasteiger partial charge in [-0.3, -0.25) is 14.9 Å². The van der Waals surface area contributed by atoms with Crippen LogP contribution in [0.4, 0.5) is 25.2 Å². The van der Waals surface area contributed by atoms with E-state index in [4.69, 9.17) is 9.47 Å². The Hall–Kier alpha value is -4.48. The van der Waals surface area contributed by atoms with Gasteiger partial charge in [0.25, 0.3) is 0 Å². The molecule has 0 unspecified atom stereocenters. The summed E-state index contributed by atoms with van der Waals surface area (Å²) in [6, 6.07) is 9.46. The van der Waals surface area contributed by atoms with Crippen LogP contribution in [0.25, 0.3) is 0 Å². The number of esters is 1. The highest BCUT2D eigenvalue weighted by Crippen LogP contribution is 2.36. The normalized spacial score (nSPS) is 18.7. The molecule has 12 heteroatoms. The Morgan fingerprint density at radius 3 is 2.47 bits per heavy atom. The van der Waals surface area contributed by atoms with Crippen molar-refractivity contribution in [1.82, 2.24) is 14.5 Å². The van der Waals surface area contributed by atoms with Gasteiger partial charge in [-0.1, -0.05) is 18.2 Å². The van der Waals surface area contributed by atoms with Gasteiger partial charge in [0, 0.05) is 56.2 Å². The van der Waals surface area contributed by atoms with Crippen molar-refractivity contribution in [2.24, 2.45) is 11.8 Å². The molecule has 2 atom stereocenters. The van der Waals surface area contributed by atoms with Crippen LogP contribution >= 0.6 is 0 Å². The third-order valence-corrected chi connectivity index (χ3v) is 8.66. The van der Waals surface area contributed by atoms with Gasteiger partial charge in [-0.15, -0.1) is 0 Å². The van der Waals surface area contributed by atoms with Crippen molar-refractivity contribution < 1.29 is 32.6 Å². The van der Waals surface area contributed by atoms with Gasteiger partial charge in [-0.05, 0) is 76.3 Å². The summed E-state index contributed by atoms with van der Waals surface area (Å²) in [7, 11) is 0. The second-order valence-electron chi connectivity index (χ2n) is 13.3. The summed E-state index contributed by atoms with van der Waals surface area (Å²) in [4.78, 5) is 47.1. The molecule has 47 heavy (non-hydrogen) atoms. The van der Waals surface area contributed by atoms with E-state index >= 15 is 0 Å². The summed E-state index contributed by atoms with van der Waals surface area (Å²) >= 11 is 0. The summed E-state index contributed by atoms with van der Waals surface area (Å²) in [5.41, 5.74) is 2.56. The highest BCUT2D eigenvalue weighted by atomic mass is 19.1. The van der Waals surface area contributed by atoms with Gasteiger partial charge in [0.15, 0.2) is 0 Å². The van der Waals surface area contributed by atoms with E-state index in [1.807, 2.05) is 24.5 Å². The van der Waals surface area contributed by atoms with Crippen LogP contribution in [0.1, 0.15) is 63.1 Å². The molecule has 10 nitrogen and oxygen atoms in total. The number of ether oxygens (including phenoxy) is 2. The van der Waals surface area contributed by atoms with Crippen molar-refractivity contribution in [3.63, 3.8) is 0 Å². The van der Waals surface area contributed by atoms with Crippen LogP contribution in [-0.2, 0) is 25.6 Å². The average molecular weight is 652 g/mol. The number of carbonyl (C=O) groups is 3. The fourth-order valence-corrected chi connectivity index (χ4v) is 6.33. The second kappa shape index (κ2) is 14.1. The Labute approximate surface area is 274 Å². The summed E-state index contributed by atoms with van der Waals surface area (Å²) in [5, 5.41) is 2.90. The molecule has 0 spiro atoms. The molecule has 0 aliphatic carbocycles. The van der Waals surface area contributed by atoms with Gasteiger partial charge in [0.1, 0.15) is 17.2 Å². The maximum Gasteiger partial charge on any atom is 0.410 e. The van der Waals surface area contributed by atoms with Gasteiger partial charge < -0.3 is 23.8 Å². The average Bonchev–Trinajstić information content (AvgIpc) is 3.65. The molecule has 252 valence electrons. The van der Waals surface area contributed by atoms with E-state index in [2.05, 4.69) is 27.3 Å². The molecule has 0 bridgehead atoms. The number of nitrogens with zero attached hydrogens (tertiary/aromatic N) is 4. The molecular formula is C35H43F2N5O5. The maximum atomic E-state index is 15.0. The van der Waals surface area contributed by atoms with Gasteiger partial charge in [-0.2, -0.15) is 0 Å². The Morgan fingerprint density at radius 2 is 1.79 bits per heavy atom. The van der Waals surface area contributed by atoms with E-state index in [0.29, 0.717) is 45.0 Å². The fraction of sp³-hybridized carbons (Fsp3) is 0.486. The number of aromatic nitrogens is 2. The number of halogens is 2. The minimum atomic E-state index is -0.844. The lowest BCUT2D eigenvalue weighted by Gasteiger charge is -2.34. The number of nitrogens with one attached hydrogen (secondary N) is 1. The molecule has 5 rings (SSSR count). The smallest absolute Gasteiger partial charge is 0.410 e.